The SMILES string of the molecule is COc1cccc(C(O)=C2C(=O)C(=O)N(Cc3cccnc3)[C@H]2c2cccc(Cl)c2)c1. The highest BCUT2D eigenvalue weighted by molar-refractivity contribution is 6.46. The zero-order valence-corrected chi connectivity index (χ0v) is 17.4. The van der Waals surface area contributed by atoms with E-state index in [1.807, 2.05) is 6.07 Å². The number of nitrogens with zero attached hydrogens (tertiary/aromatic N) is 2. The Labute approximate surface area is 184 Å². The van der Waals surface area contributed by atoms with Gasteiger partial charge in [0.05, 0.1) is 18.7 Å². The number of hydrogen-bond donors (Lipinski definition) is 1. The smallest absolute Gasteiger partial charge is 0.295 e. The van der Waals surface area contributed by atoms with E-state index in [1.54, 1.807) is 67.0 Å². The third-order valence-corrected chi connectivity index (χ3v) is 5.36. The van der Waals surface area contributed by atoms with Gasteiger partial charge in [0.2, 0.25) is 0 Å². The summed E-state index contributed by atoms with van der Waals surface area (Å²) in [5.74, 6) is -1.20. The van der Waals surface area contributed by atoms with Gasteiger partial charge in [0, 0.05) is 29.5 Å². The van der Waals surface area contributed by atoms with Crippen LogP contribution in [0.3, 0.4) is 0 Å². The first kappa shape index (κ1) is 20.6. The van der Waals surface area contributed by atoms with Crippen LogP contribution in [0, 0.1) is 0 Å². The van der Waals surface area contributed by atoms with E-state index < -0.39 is 17.7 Å². The average molecular weight is 435 g/mol. The number of aliphatic hydroxyl groups excluding tert-OH is 1. The van der Waals surface area contributed by atoms with Crippen LogP contribution in [0.1, 0.15) is 22.7 Å². The number of carbonyl (C=O) groups excluding carboxylic acids is 2. The summed E-state index contributed by atoms with van der Waals surface area (Å²) < 4.78 is 5.22. The lowest BCUT2D eigenvalue weighted by Gasteiger charge is -2.25. The number of likely N-dealkylation sites (tertiary alicyclic amines) is 1. The van der Waals surface area contributed by atoms with Gasteiger partial charge in [0.15, 0.2) is 0 Å². The highest BCUT2D eigenvalue weighted by Crippen LogP contribution is 2.41. The Kier molecular flexibility index (Phi) is 5.73. The summed E-state index contributed by atoms with van der Waals surface area (Å²) in [6, 6.07) is 16.4. The van der Waals surface area contributed by atoms with Crippen LogP contribution in [-0.2, 0) is 16.1 Å². The minimum absolute atomic E-state index is 0.00408. The summed E-state index contributed by atoms with van der Waals surface area (Å²) in [5, 5.41) is 11.6. The van der Waals surface area contributed by atoms with Gasteiger partial charge in [0.25, 0.3) is 11.7 Å². The number of ether oxygens (including phenoxy) is 1. The summed E-state index contributed by atoms with van der Waals surface area (Å²) in [5.41, 5.74) is 1.77. The Balaban J connectivity index is 1.87. The van der Waals surface area contributed by atoms with E-state index in [9.17, 15) is 14.7 Å². The number of methoxy groups -OCH3 is 1. The number of pyridine rings is 1. The molecule has 156 valence electrons. The van der Waals surface area contributed by atoms with Crippen molar-refractivity contribution in [1.82, 2.24) is 9.88 Å². The molecule has 0 saturated carbocycles. The molecule has 4 rings (SSSR count). The molecule has 1 saturated heterocycles. The molecule has 1 aromatic heterocycles. The van der Waals surface area contributed by atoms with Gasteiger partial charge in [-0.3, -0.25) is 14.6 Å². The van der Waals surface area contributed by atoms with Gasteiger partial charge in [-0.2, -0.15) is 0 Å². The number of aromatic nitrogens is 1. The normalized spacial score (nSPS) is 17.7. The van der Waals surface area contributed by atoms with Gasteiger partial charge in [0.1, 0.15) is 11.5 Å². The monoisotopic (exact) mass is 434 g/mol. The van der Waals surface area contributed by atoms with E-state index in [1.165, 1.54) is 12.0 Å². The van der Waals surface area contributed by atoms with Gasteiger partial charge in [-0.25, -0.2) is 0 Å². The number of benzene rings is 2. The molecule has 2 aromatic carbocycles. The highest BCUT2D eigenvalue weighted by Gasteiger charge is 2.46. The van der Waals surface area contributed by atoms with Crippen molar-refractivity contribution in [2.45, 2.75) is 12.6 Å². The van der Waals surface area contributed by atoms with Crippen molar-refractivity contribution >= 4 is 29.1 Å². The quantitative estimate of drug-likeness (QED) is 0.366. The molecule has 2 heterocycles. The fourth-order valence-electron chi connectivity index (χ4n) is 3.68. The standard InChI is InChI=1S/C24H19ClN2O4/c1-31-19-9-3-7-17(12-19)22(28)20-21(16-6-2-8-18(25)11-16)27(24(30)23(20)29)14-15-5-4-10-26-13-15/h2-13,21,28H,14H2,1H3/t21-/m0/s1. The predicted molar refractivity (Wildman–Crippen MR) is 117 cm³/mol. The van der Waals surface area contributed by atoms with Crippen LogP contribution < -0.4 is 4.74 Å². The number of aliphatic hydroxyl groups is 1. The molecule has 1 fully saturated rings. The van der Waals surface area contributed by atoms with Crippen molar-refractivity contribution in [3.05, 3.63) is 100 Å². The Bertz CT molecular complexity index is 1180. The lowest BCUT2D eigenvalue weighted by Crippen LogP contribution is -2.29. The molecule has 0 aliphatic carbocycles. The van der Waals surface area contributed by atoms with Crippen LogP contribution in [0.5, 0.6) is 5.75 Å². The molecule has 0 bridgehead atoms. The van der Waals surface area contributed by atoms with Crippen LogP contribution >= 0.6 is 11.6 Å². The summed E-state index contributed by atoms with van der Waals surface area (Å²) in [6.07, 6.45) is 3.27. The van der Waals surface area contributed by atoms with Crippen LogP contribution in [-0.4, -0.2) is 33.8 Å². The molecule has 7 heteroatoms. The first-order valence-electron chi connectivity index (χ1n) is 9.57. The summed E-state index contributed by atoms with van der Waals surface area (Å²) in [6.45, 7) is 0.157. The van der Waals surface area contributed by atoms with E-state index in [0.717, 1.165) is 5.56 Å². The second-order valence-electron chi connectivity index (χ2n) is 7.08. The Morgan fingerprint density at radius 1 is 1.13 bits per heavy atom. The predicted octanol–water partition coefficient (Wildman–Crippen LogP) is 4.37. The second kappa shape index (κ2) is 8.62. The molecule has 0 spiro atoms. The van der Waals surface area contributed by atoms with E-state index in [2.05, 4.69) is 4.98 Å². The molecule has 31 heavy (non-hydrogen) atoms. The van der Waals surface area contributed by atoms with Gasteiger partial charge >= 0.3 is 0 Å². The number of amides is 1. The van der Waals surface area contributed by atoms with Crippen LogP contribution in [0.15, 0.2) is 78.6 Å². The van der Waals surface area contributed by atoms with Crippen LogP contribution in [0.25, 0.3) is 5.76 Å². The van der Waals surface area contributed by atoms with Crippen molar-refractivity contribution in [1.29, 1.82) is 0 Å². The number of carbonyl (C=O) groups is 2. The lowest BCUT2D eigenvalue weighted by atomic mass is 9.95. The molecule has 1 atom stereocenters. The minimum Gasteiger partial charge on any atom is -0.507 e. The van der Waals surface area contributed by atoms with Crippen molar-refractivity contribution < 1.29 is 19.4 Å². The molecule has 0 radical (unpaired) electrons. The molecule has 1 N–H and O–H groups in total. The fourth-order valence-corrected chi connectivity index (χ4v) is 3.88. The maximum atomic E-state index is 13.1. The molecule has 1 aliphatic heterocycles. The molecule has 0 unspecified atom stereocenters. The fraction of sp³-hybridized carbons (Fsp3) is 0.125. The minimum atomic E-state index is -0.801. The zero-order chi connectivity index (χ0) is 22.0. The lowest BCUT2D eigenvalue weighted by molar-refractivity contribution is -0.140. The van der Waals surface area contributed by atoms with Gasteiger partial charge in [-0.1, -0.05) is 41.9 Å². The van der Waals surface area contributed by atoms with E-state index >= 15 is 0 Å². The number of ketones is 1. The van der Waals surface area contributed by atoms with E-state index in [4.69, 9.17) is 16.3 Å². The zero-order valence-electron chi connectivity index (χ0n) is 16.7. The van der Waals surface area contributed by atoms with Gasteiger partial charge < -0.3 is 14.7 Å². The Morgan fingerprint density at radius 2 is 1.94 bits per heavy atom. The molecule has 1 amide bonds. The number of Topliss-reactive ketones (excluding diaryl/α,β-unsaturated/α-hetero) is 1. The van der Waals surface area contributed by atoms with Crippen molar-refractivity contribution in [2.24, 2.45) is 0 Å². The van der Waals surface area contributed by atoms with Crippen molar-refractivity contribution in [3.8, 4) is 5.75 Å². The number of hydrogen-bond acceptors (Lipinski definition) is 5. The molecular weight excluding hydrogens is 416 g/mol. The molecule has 3 aromatic rings. The third-order valence-electron chi connectivity index (χ3n) is 5.12. The van der Waals surface area contributed by atoms with E-state index in [0.29, 0.717) is 21.9 Å². The number of halogens is 1. The number of rotatable bonds is 5. The molecular formula is C24H19ClN2O4. The first-order valence-corrected chi connectivity index (χ1v) is 9.94. The van der Waals surface area contributed by atoms with Gasteiger partial charge in [-0.15, -0.1) is 0 Å². The molecule has 1 aliphatic rings. The Morgan fingerprint density at radius 3 is 2.65 bits per heavy atom. The van der Waals surface area contributed by atoms with Crippen LogP contribution in [0.4, 0.5) is 0 Å². The maximum Gasteiger partial charge on any atom is 0.295 e. The summed E-state index contributed by atoms with van der Waals surface area (Å²) in [7, 11) is 1.51. The van der Waals surface area contributed by atoms with Crippen molar-refractivity contribution in [2.75, 3.05) is 7.11 Å². The highest BCUT2D eigenvalue weighted by atomic mass is 35.5. The summed E-state index contributed by atoms with van der Waals surface area (Å²) in [4.78, 5) is 31.6. The maximum absolute atomic E-state index is 13.1. The van der Waals surface area contributed by atoms with Gasteiger partial charge in [-0.05, 0) is 41.5 Å². The van der Waals surface area contributed by atoms with Crippen LogP contribution in [0.2, 0.25) is 5.02 Å². The first-order chi connectivity index (χ1) is 15.0. The topological polar surface area (TPSA) is 79.7 Å². The molecule has 6 nitrogen and oxygen atoms in total. The second-order valence-corrected chi connectivity index (χ2v) is 7.51. The average Bonchev–Trinajstić information content (AvgIpc) is 3.04. The van der Waals surface area contributed by atoms with E-state index in [-0.39, 0.29) is 17.9 Å². The van der Waals surface area contributed by atoms with Crippen molar-refractivity contribution in [3.63, 3.8) is 0 Å². The third kappa shape index (κ3) is 4.02. The largest absolute Gasteiger partial charge is 0.507 e. The Hall–Kier alpha value is -3.64. The summed E-state index contributed by atoms with van der Waals surface area (Å²) >= 11 is 6.19.